The van der Waals surface area contributed by atoms with Gasteiger partial charge in [-0.15, -0.1) is 5.10 Å². The maximum atomic E-state index is 12.5. The Morgan fingerprint density at radius 3 is 2.65 bits per heavy atom. The molecule has 4 aromatic rings. The van der Waals surface area contributed by atoms with Crippen molar-refractivity contribution < 1.29 is 9.72 Å². The molecule has 1 fully saturated rings. The number of rotatable bonds is 6. The summed E-state index contributed by atoms with van der Waals surface area (Å²) in [5, 5.41) is 27.2. The lowest BCUT2D eigenvalue weighted by Crippen LogP contribution is -2.19. The van der Waals surface area contributed by atoms with Crippen LogP contribution in [0.5, 0.6) is 0 Å². The highest BCUT2D eigenvalue weighted by molar-refractivity contribution is 8.18. The SMILES string of the molecule is Cc1ccc(N=C2NC(=O)/C(=C/c3ccc(Sc4nnnn4-c4ccccc4)c([N+](=O)[O-])c3)S2)cc1C. The molecule has 1 N–H and O–H groups in total. The summed E-state index contributed by atoms with van der Waals surface area (Å²) in [6.45, 7) is 4.02. The average Bonchev–Trinajstić information content (AvgIpc) is 3.48. The van der Waals surface area contributed by atoms with Crippen molar-refractivity contribution in [2.24, 2.45) is 4.99 Å². The van der Waals surface area contributed by atoms with Gasteiger partial charge in [-0.25, -0.2) is 4.99 Å². The maximum absolute atomic E-state index is 12.5. The number of amides is 1. The summed E-state index contributed by atoms with van der Waals surface area (Å²) in [5.74, 6) is -0.310. The summed E-state index contributed by atoms with van der Waals surface area (Å²) in [7, 11) is 0. The van der Waals surface area contributed by atoms with Crippen LogP contribution in [0.1, 0.15) is 16.7 Å². The van der Waals surface area contributed by atoms with Crippen LogP contribution in [0.15, 0.2) is 86.7 Å². The molecule has 10 nitrogen and oxygen atoms in total. The van der Waals surface area contributed by atoms with E-state index >= 15 is 0 Å². The number of tetrazole rings is 1. The highest BCUT2D eigenvalue weighted by atomic mass is 32.2. The molecule has 1 amide bonds. The lowest BCUT2D eigenvalue weighted by atomic mass is 10.1. The van der Waals surface area contributed by atoms with Crippen molar-refractivity contribution >= 4 is 52.0 Å². The van der Waals surface area contributed by atoms with Crippen molar-refractivity contribution in [3.8, 4) is 5.69 Å². The third-order valence-corrected chi connectivity index (χ3v) is 7.40. The van der Waals surface area contributed by atoms with Gasteiger partial charge in [-0.2, -0.15) is 4.68 Å². The molecule has 0 spiro atoms. The van der Waals surface area contributed by atoms with E-state index < -0.39 is 4.92 Å². The van der Waals surface area contributed by atoms with E-state index in [9.17, 15) is 14.9 Å². The monoisotopic (exact) mass is 529 g/mol. The van der Waals surface area contributed by atoms with Gasteiger partial charge in [0.1, 0.15) is 0 Å². The van der Waals surface area contributed by atoms with E-state index in [-0.39, 0.29) is 11.6 Å². The van der Waals surface area contributed by atoms with Gasteiger partial charge in [0.15, 0.2) is 5.17 Å². The minimum Gasteiger partial charge on any atom is -0.300 e. The number of nitrogens with one attached hydrogen (secondary N) is 1. The molecular formula is C25H19N7O3S2. The molecule has 3 aromatic carbocycles. The molecule has 1 aliphatic heterocycles. The first kappa shape index (κ1) is 24.4. The van der Waals surface area contributed by atoms with Crippen molar-refractivity contribution in [3.63, 3.8) is 0 Å². The summed E-state index contributed by atoms with van der Waals surface area (Å²) >= 11 is 2.27. The van der Waals surface area contributed by atoms with E-state index in [0.29, 0.717) is 25.7 Å². The molecule has 0 unspecified atom stereocenters. The van der Waals surface area contributed by atoms with Gasteiger partial charge in [0.25, 0.3) is 11.6 Å². The molecule has 184 valence electrons. The van der Waals surface area contributed by atoms with Crippen LogP contribution in [0, 0.1) is 24.0 Å². The Morgan fingerprint density at radius 1 is 1.08 bits per heavy atom. The summed E-state index contributed by atoms with van der Waals surface area (Å²) < 4.78 is 1.51. The summed E-state index contributed by atoms with van der Waals surface area (Å²) in [4.78, 5) is 29.2. The molecule has 0 radical (unpaired) electrons. The van der Waals surface area contributed by atoms with Crippen molar-refractivity contribution in [2.75, 3.05) is 0 Å². The van der Waals surface area contributed by atoms with Crippen LogP contribution < -0.4 is 5.32 Å². The molecule has 2 heterocycles. The number of hydrogen-bond donors (Lipinski definition) is 1. The zero-order valence-electron chi connectivity index (χ0n) is 19.7. The molecule has 0 bridgehead atoms. The van der Waals surface area contributed by atoms with E-state index in [4.69, 9.17) is 0 Å². The highest BCUT2D eigenvalue weighted by Gasteiger charge is 2.25. The van der Waals surface area contributed by atoms with Crippen molar-refractivity contribution in [3.05, 3.63) is 98.4 Å². The van der Waals surface area contributed by atoms with Gasteiger partial charge >= 0.3 is 0 Å². The number of aryl methyl sites for hydroxylation is 2. The fourth-order valence-corrected chi connectivity index (χ4v) is 5.19. The predicted octanol–water partition coefficient (Wildman–Crippen LogP) is 5.23. The number of aromatic nitrogens is 4. The molecule has 0 atom stereocenters. The van der Waals surface area contributed by atoms with Gasteiger partial charge in [0.05, 0.1) is 26.1 Å². The zero-order valence-corrected chi connectivity index (χ0v) is 21.3. The minimum atomic E-state index is -0.463. The van der Waals surface area contributed by atoms with E-state index in [0.717, 1.165) is 34.3 Å². The predicted molar refractivity (Wildman–Crippen MR) is 143 cm³/mol. The Bertz CT molecular complexity index is 1580. The normalized spacial score (nSPS) is 15.4. The van der Waals surface area contributed by atoms with Crippen molar-refractivity contribution in [2.45, 2.75) is 23.9 Å². The molecule has 12 heteroatoms. The second kappa shape index (κ2) is 10.4. The highest BCUT2D eigenvalue weighted by Crippen LogP contribution is 2.36. The largest absolute Gasteiger partial charge is 0.300 e. The van der Waals surface area contributed by atoms with Gasteiger partial charge in [-0.05, 0) is 101 Å². The third kappa shape index (κ3) is 5.44. The number of nitro benzene ring substituents is 1. The minimum absolute atomic E-state index is 0.116. The van der Waals surface area contributed by atoms with E-state index in [1.165, 1.54) is 22.5 Å². The van der Waals surface area contributed by atoms with Gasteiger partial charge < -0.3 is 5.32 Å². The molecule has 1 aliphatic rings. The fourth-order valence-electron chi connectivity index (χ4n) is 3.47. The number of nitrogens with zero attached hydrogens (tertiary/aromatic N) is 6. The van der Waals surface area contributed by atoms with Crippen LogP contribution >= 0.6 is 23.5 Å². The van der Waals surface area contributed by atoms with Gasteiger partial charge in [0, 0.05) is 6.07 Å². The number of amidine groups is 1. The van der Waals surface area contributed by atoms with Crippen LogP contribution in [0.2, 0.25) is 0 Å². The fraction of sp³-hybridized carbons (Fsp3) is 0.0800. The number of carbonyl (C=O) groups is 1. The molecular weight excluding hydrogens is 510 g/mol. The molecule has 1 saturated heterocycles. The maximum Gasteiger partial charge on any atom is 0.283 e. The lowest BCUT2D eigenvalue weighted by Gasteiger charge is -2.05. The molecule has 37 heavy (non-hydrogen) atoms. The second-order valence-electron chi connectivity index (χ2n) is 8.05. The van der Waals surface area contributed by atoms with E-state index in [1.807, 2.05) is 62.4 Å². The number of thioether (sulfide) groups is 1. The van der Waals surface area contributed by atoms with Crippen LogP contribution in [0.4, 0.5) is 11.4 Å². The first-order valence-corrected chi connectivity index (χ1v) is 12.7. The summed E-state index contributed by atoms with van der Waals surface area (Å²) in [6.07, 6.45) is 1.61. The number of hydrogen-bond acceptors (Lipinski definition) is 9. The van der Waals surface area contributed by atoms with Crippen LogP contribution in [-0.4, -0.2) is 36.2 Å². The molecule has 0 saturated carbocycles. The Morgan fingerprint density at radius 2 is 1.89 bits per heavy atom. The molecule has 0 aliphatic carbocycles. The third-order valence-electron chi connectivity index (χ3n) is 5.49. The van der Waals surface area contributed by atoms with Gasteiger partial charge in [-0.3, -0.25) is 14.9 Å². The van der Waals surface area contributed by atoms with Crippen molar-refractivity contribution in [1.29, 1.82) is 0 Å². The number of carbonyl (C=O) groups excluding carboxylic acids is 1. The molecule has 1 aromatic heterocycles. The summed E-state index contributed by atoms with van der Waals surface area (Å²) in [5.41, 5.74) is 4.14. The van der Waals surface area contributed by atoms with Gasteiger partial charge in [0.2, 0.25) is 5.16 Å². The first-order valence-electron chi connectivity index (χ1n) is 11.0. The van der Waals surface area contributed by atoms with Crippen LogP contribution in [-0.2, 0) is 4.79 Å². The van der Waals surface area contributed by atoms with Crippen LogP contribution in [0.25, 0.3) is 11.8 Å². The standard InChI is InChI=1S/C25H19N7O3S2/c1-15-8-10-18(12-16(15)2)26-24-27-23(33)22(36-24)14-17-9-11-21(20(13-17)32(34)35)37-25-28-29-30-31(25)19-6-4-3-5-7-19/h3-14H,1-2H3,(H,26,27,33)/b22-14-. The second-order valence-corrected chi connectivity index (χ2v) is 10.1. The van der Waals surface area contributed by atoms with Gasteiger partial charge in [-0.1, -0.05) is 30.3 Å². The Labute approximate surface area is 220 Å². The topological polar surface area (TPSA) is 128 Å². The Kier molecular flexibility index (Phi) is 6.84. The quantitative estimate of drug-likeness (QED) is 0.204. The van der Waals surface area contributed by atoms with Crippen LogP contribution in [0.3, 0.4) is 0 Å². The first-order chi connectivity index (χ1) is 17.9. The van der Waals surface area contributed by atoms with E-state index in [1.54, 1.807) is 18.2 Å². The van der Waals surface area contributed by atoms with Crippen molar-refractivity contribution in [1.82, 2.24) is 25.5 Å². The summed E-state index contributed by atoms with van der Waals surface area (Å²) in [6, 6.07) is 19.8. The molecule has 5 rings (SSSR count). The van der Waals surface area contributed by atoms with E-state index in [2.05, 4.69) is 25.8 Å². The number of aliphatic imine (C=N–C) groups is 1. The number of benzene rings is 3. The zero-order chi connectivity index (χ0) is 25.9. The Balaban J connectivity index is 1.40. The Hall–Kier alpha value is -4.29. The number of nitro groups is 1. The number of para-hydroxylation sites is 1. The lowest BCUT2D eigenvalue weighted by molar-refractivity contribution is -0.387. The smallest absolute Gasteiger partial charge is 0.283 e. The average molecular weight is 530 g/mol.